The Morgan fingerprint density at radius 2 is 1.81 bits per heavy atom. The summed E-state index contributed by atoms with van der Waals surface area (Å²) in [5.41, 5.74) is 7.09. The van der Waals surface area contributed by atoms with Gasteiger partial charge >= 0.3 is 0 Å². The van der Waals surface area contributed by atoms with Crippen LogP contribution >= 0.6 is 24.8 Å². The molecule has 0 fully saturated rings. The Morgan fingerprint density at radius 1 is 1.14 bits per heavy atom. The second-order valence-corrected chi connectivity index (χ2v) is 4.21. The van der Waals surface area contributed by atoms with Crippen LogP contribution in [0.2, 0.25) is 0 Å². The van der Waals surface area contributed by atoms with Crippen LogP contribution in [0.4, 0.5) is 0 Å². The summed E-state index contributed by atoms with van der Waals surface area (Å²) in [5, 5.41) is 9.28. The van der Waals surface area contributed by atoms with E-state index in [4.69, 9.17) is 10.5 Å². The molecule has 1 aromatic carbocycles. The first kappa shape index (κ1) is 19.4. The van der Waals surface area contributed by atoms with Gasteiger partial charge in [0.05, 0.1) is 6.61 Å². The minimum absolute atomic E-state index is 0. The lowest BCUT2D eigenvalue weighted by molar-refractivity contribution is 0.301. The van der Waals surface area contributed by atoms with Crippen LogP contribution in [0.5, 0.6) is 11.6 Å². The summed E-state index contributed by atoms with van der Waals surface area (Å²) in [6.45, 7) is 3.03. The summed E-state index contributed by atoms with van der Waals surface area (Å²) in [6, 6.07) is 8.55. The minimum atomic E-state index is 0. The maximum absolute atomic E-state index is 9.28. The van der Waals surface area contributed by atoms with Crippen molar-refractivity contribution in [2.24, 2.45) is 5.73 Å². The number of nitrogens with two attached hydrogens (primary N) is 1. The predicted molar refractivity (Wildman–Crippen MR) is 87.5 cm³/mol. The summed E-state index contributed by atoms with van der Waals surface area (Å²) in [7, 11) is 0. The number of phenols is 1. The molecule has 21 heavy (non-hydrogen) atoms. The average molecular weight is 332 g/mol. The Labute approximate surface area is 136 Å². The molecule has 0 aliphatic heterocycles. The van der Waals surface area contributed by atoms with Crippen molar-refractivity contribution in [3.8, 4) is 23.0 Å². The number of aryl methyl sites for hydroxylation is 1. The number of rotatable bonds is 5. The molecule has 5 nitrogen and oxygen atoms in total. The van der Waals surface area contributed by atoms with Crippen molar-refractivity contribution in [2.45, 2.75) is 13.3 Å². The van der Waals surface area contributed by atoms with Gasteiger partial charge in [-0.3, -0.25) is 0 Å². The van der Waals surface area contributed by atoms with Crippen LogP contribution in [0.15, 0.2) is 30.3 Å². The highest BCUT2D eigenvalue weighted by Crippen LogP contribution is 2.21. The second-order valence-electron chi connectivity index (χ2n) is 4.21. The van der Waals surface area contributed by atoms with Crippen molar-refractivity contribution in [1.29, 1.82) is 0 Å². The number of ether oxygens (including phenoxy) is 1. The van der Waals surface area contributed by atoms with Gasteiger partial charge in [-0.25, -0.2) is 4.98 Å². The fraction of sp³-hybridized carbons (Fsp3) is 0.286. The van der Waals surface area contributed by atoms with Gasteiger partial charge in [0.1, 0.15) is 5.75 Å². The molecule has 2 rings (SSSR count). The van der Waals surface area contributed by atoms with Crippen LogP contribution in [-0.2, 0) is 0 Å². The molecule has 1 aromatic heterocycles. The molecule has 0 bridgehead atoms. The largest absolute Gasteiger partial charge is 0.508 e. The van der Waals surface area contributed by atoms with Crippen LogP contribution < -0.4 is 10.5 Å². The Balaban J connectivity index is 0.00000200. The molecule has 0 amide bonds. The smallest absolute Gasteiger partial charge is 0.217 e. The zero-order chi connectivity index (χ0) is 13.7. The van der Waals surface area contributed by atoms with Gasteiger partial charge in [-0.05, 0) is 44.2 Å². The van der Waals surface area contributed by atoms with E-state index in [2.05, 4.69) is 9.97 Å². The highest BCUT2D eigenvalue weighted by Gasteiger charge is 2.06. The summed E-state index contributed by atoms with van der Waals surface area (Å²) in [4.78, 5) is 8.71. The Morgan fingerprint density at radius 3 is 2.43 bits per heavy atom. The van der Waals surface area contributed by atoms with Crippen LogP contribution in [0, 0.1) is 6.92 Å². The number of benzene rings is 1. The second kappa shape index (κ2) is 9.39. The third kappa shape index (κ3) is 5.75. The molecule has 116 valence electrons. The van der Waals surface area contributed by atoms with Crippen molar-refractivity contribution in [1.82, 2.24) is 9.97 Å². The summed E-state index contributed by atoms with van der Waals surface area (Å²) in [5.74, 6) is 1.35. The molecule has 0 saturated carbocycles. The van der Waals surface area contributed by atoms with Gasteiger partial charge in [0.2, 0.25) is 5.88 Å². The number of phenolic OH excluding ortho intramolecular Hbond substituents is 1. The van der Waals surface area contributed by atoms with Crippen molar-refractivity contribution in [3.63, 3.8) is 0 Å². The number of nitrogens with zero attached hydrogens (tertiary/aromatic N) is 2. The quantitative estimate of drug-likeness (QED) is 0.823. The topological polar surface area (TPSA) is 81.3 Å². The van der Waals surface area contributed by atoms with Gasteiger partial charge in [0.25, 0.3) is 0 Å². The molecule has 1 heterocycles. The van der Waals surface area contributed by atoms with E-state index in [1.54, 1.807) is 30.3 Å². The summed E-state index contributed by atoms with van der Waals surface area (Å²) < 4.78 is 5.53. The summed E-state index contributed by atoms with van der Waals surface area (Å²) >= 11 is 0. The van der Waals surface area contributed by atoms with Crippen molar-refractivity contribution < 1.29 is 9.84 Å². The zero-order valence-corrected chi connectivity index (χ0v) is 13.3. The maximum Gasteiger partial charge on any atom is 0.217 e. The normalized spacial score (nSPS) is 9.43. The zero-order valence-electron chi connectivity index (χ0n) is 11.7. The molecular weight excluding hydrogens is 313 g/mol. The van der Waals surface area contributed by atoms with Crippen LogP contribution in [0.1, 0.15) is 12.1 Å². The first-order valence-corrected chi connectivity index (χ1v) is 6.17. The predicted octanol–water partition coefficient (Wildman–Crippen LogP) is 2.73. The standard InChI is InChI=1S/C14H17N3O2.2ClH/c1-10-9-13(19-8-2-7-15)17-14(16-10)11-3-5-12(18)6-4-11;;/h3-6,9,18H,2,7-8,15H2,1H3;2*1H. The van der Waals surface area contributed by atoms with Crippen molar-refractivity contribution in [2.75, 3.05) is 13.2 Å². The van der Waals surface area contributed by atoms with E-state index in [9.17, 15) is 5.11 Å². The fourth-order valence-electron chi connectivity index (χ4n) is 1.61. The average Bonchev–Trinajstić information content (AvgIpc) is 2.39. The van der Waals surface area contributed by atoms with E-state index in [0.29, 0.717) is 24.9 Å². The fourth-order valence-corrected chi connectivity index (χ4v) is 1.61. The van der Waals surface area contributed by atoms with E-state index in [1.807, 2.05) is 6.92 Å². The monoisotopic (exact) mass is 331 g/mol. The summed E-state index contributed by atoms with van der Waals surface area (Å²) in [6.07, 6.45) is 0.789. The molecule has 0 saturated heterocycles. The lowest BCUT2D eigenvalue weighted by Crippen LogP contribution is -2.07. The third-order valence-corrected chi connectivity index (χ3v) is 2.55. The number of hydrogen-bond acceptors (Lipinski definition) is 5. The first-order chi connectivity index (χ1) is 9.19. The lowest BCUT2D eigenvalue weighted by Gasteiger charge is -2.07. The molecule has 7 heteroatoms. The molecule has 3 N–H and O–H groups in total. The number of aromatic nitrogens is 2. The number of hydrogen-bond donors (Lipinski definition) is 2. The molecule has 0 spiro atoms. The van der Waals surface area contributed by atoms with E-state index in [0.717, 1.165) is 17.7 Å². The highest BCUT2D eigenvalue weighted by molar-refractivity contribution is 5.85. The molecule has 0 aliphatic carbocycles. The van der Waals surface area contributed by atoms with E-state index >= 15 is 0 Å². The van der Waals surface area contributed by atoms with Crippen LogP contribution in [0.3, 0.4) is 0 Å². The van der Waals surface area contributed by atoms with Gasteiger partial charge in [-0.1, -0.05) is 0 Å². The van der Waals surface area contributed by atoms with Crippen LogP contribution in [0.25, 0.3) is 11.4 Å². The molecule has 0 atom stereocenters. The lowest BCUT2D eigenvalue weighted by atomic mass is 10.2. The van der Waals surface area contributed by atoms with Gasteiger partial charge < -0.3 is 15.6 Å². The number of halogens is 2. The van der Waals surface area contributed by atoms with Gasteiger partial charge in [-0.2, -0.15) is 4.98 Å². The van der Waals surface area contributed by atoms with Crippen molar-refractivity contribution in [3.05, 3.63) is 36.0 Å². The molecule has 0 aliphatic rings. The van der Waals surface area contributed by atoms with Gasteiger partial charge in [-0.15, -0.1) is 24.8 Å². The highest BCUT2D eigenvalue weighted by atomic mass is 35.5. The SMILES string of the molecule is Cc1cc(OCCCN)nc(-c2ccc(O)cc2)n1.Cl.Cl. The molecule has 0 unspecified atom stereocenters. The molecular formula is C14H19Cl2N3O2. The minimum Gasteiger partial charge on any atom is -0.508 e. The number of aromatic hydroxyl groups is 1. The maximum atomic E-state index is 9.28. The van der Waals surface area contributed by atoms with Gasteiger partial charge in [0, 0.05) is 17.3 Å². The Kier molecular flexibility index (Phi) is 8.69. The van der Waals surface area contributed by atoms with Crippen molar-refractivity contribution >= 4 is 24.8 Å². The Hall–Kier alpha value is -1.56. The first-order valence-electron chi connectivity index (χ1n) is 6.17. The third-order valence-electron chi connectivity index (χ3n) is 2.55. The van der Waals surface area contributed by atoms with E-state index in [-0.39, 0.29) is 30.6 Å². The van der Waals surface area contributed by atoms with E-state index in [1.165, 1.54) is 0 Å². The Bertz CT molecular complexity index is 550. The molecule has 2 aromatic rings. The van der Waals surface area contributed by atoms with Gasteiger partial charge in [0.15, 0.2) is 5.82 Å². The van der Waals surface area contributed by atoms with Crippen LogP contribution in [-0.4, -0.2) is 28.2 Å². The molecule has 0 radical (unpaired) electrons. The van der Waals surface area contributed by atoms with E-state index < -0.39 is 0 Å².